The van der Waals surface area contributed by atoms with Gasteiger partial charge in [-0.15, -0.1) is 0 Å². The second-order valence-corrected chi connectivity index (χ2v) is 5.11. The van der Waals surface area contributed by atoms with Gasteiger partial charge in [0.25, 0.3) is 5.56 Å². The van der Waals surface area contributed by atoms with Crippen LogP contribution in [0.15, 0.2) is 38.9 Å². The summed E-state index contributed by atoms with van der Waals surface area (Å²) < 4.78 is 9.90. The third kappa shape index (κ3) is 3.05. The van der Waals surface area contributed by atoms with E-state index in [1.165, 1.54) is 21.4 Å². The van der Waals surface area contributed by atoms with Gasteiger partial charge in [0.1, 0.15) is 6.23 Å². The van der Waals surface area contributed by atoms with Crippen LogP contribution in [0, 0.1) is 0 Å². The summed E-state index contributed by atoms with van der Waals surface area (Å²) in [6.07, 6.45) is 3.73. The maximum absolute atomic E-state index is 12.3. The monoisotopic (exact) mass is 296 g/mol. The Morgan fingerprint density at radius 2 is 2.25 bits per heavy atom. The van der Waals surface area contributed by atoms with Crippen molar-refractivity contribution in [3.8, 4) is 0 Å². The summed E-state index contributed by atoms with van der Waals surface area (Å²) in [5, 5.41) is 1.95. The molecule has 0 aliphatic carbocycles. The molecule has 1 unspecified atom stereocenters. The first-order valence-electron chi connectivity index (χ1n) is 6.43. The molecule has 0 radical (unpaired) electrons. The summed E-state index contributed by atoms with van der Waals surface area (Å²) >= 11 is 1.57. The van der Waals surface area contributed by atoms with Gasteiger partial charge in [-0.1, -0.05) is 18.3 Å². The van der Waals surface area contributed by atoms with E-state index in [9.17, 15) is 9.59 Å². The first-order chi connectivity index (χ1) is 9.67. The quantitative estimate of drug-likeness (QED) is 0.734. The van der Waals surface area contributed by atoms with E-state index in [4.69, 9.17) is 4.74 Å². The molecule has 0 saturated heterocycles. The number of ether oxygens (including phenoxy) is 1. The van der Waals surface area contributed by atoms with Crippen LogP contribution in [0.2, 0.25) is 0 Å². The fourth-order valence-corrected chi connectivity index (χ4v) is 2.67. The van der Waals surface area contributed by atoms with Crippen molar-refractivity contribution >= 4 is 11.3 Å². The van der Waals surface area contributed by atoms with E-state index < -0.39 is 0 Å². The maximum Gasteiger partial charge on any atom is 0.333 e. The zero-order valence-corrected chi connectivity index (χ0v) is 12.4. The van der Waals surface area contributed by atoms with Crippen LogP contribution in [0.5, 0.6) is 0 Å². The number of aromatic nitrogens is 3. The summed E-state index contributed by atoms with van der Waals surface area (Å²) in [7, 11) is 1.55. The van der Waals surface area contributed by atoms with Crippen LogP contribution in [0.4, 0.5) is 0 Å². The van der Waals surface area contributed by atoms with E-state index in [0.717, 1.165) is 0 Å². The maximum atomic E-state index is 12.3. The molecule has 20 heavy (non-hydrogen) atoms. The number of hydrogen-bond donors (Lipinski definition) is 0. The number of aryl methyl sites for hydroxylation is 1. The van der Waals surface area contributed by atoms with E-state index in [0.29, 0.717) is 19.5 Å². The lowest BCUT2D eigenvalue weighted by Crippen LogP contribution is -2.44. The molecule has 0 bridgehead atoms. The molecule has 2 aromatic heterocycles. The van der Waals surface area contributed by atoms with Gasteiger partial charge >= 0.3 is 5.69 Å². The highest BCUT2D eigenvalue weighted by atomic mass is 32.1. The van der Waals surface area contributed by atoms with Crippen molar-refractivity contribution < 1.29 is 9.30 Å². The van der Waals surface area contributed by atoms with E-state index >= 15 is 0 Å². The average Bonchev–Trinajstić information content (AvgIpc) is 2.95. The molecule has 2 heterocycles. The summed E-state index contributed by atoms with van der Waals surface area (Å²) in [5.74, 6) is 0. The van der Waals surface area contributed by atoms with Crippen LogP contribution in [0.3, 0.4) is 0 Å². The van der Waals surface area contributed by atoms with Crippen LogP contribution in [0.25, 0.3) is 0 Å². The fourth-order valence-electron chi connectivity index (χ4n) is 2.04. The molecule has 2 aromatic rings. The molecule has 1 atom stereocenters. The minimum absolute atomic E-state index is 0.284. The number of nitrogens with zero attached hydrogens (tertiary/aromatic N) is 3. The lowest BCUT2D eigenvalue weighted by Gasteiger charge is -2.17. The SMILES string of the molecule is CCC(OC)n1ccc(=O)n(CC[n+]2ccsc2)c1=O. The van der Waals surface area contributed by atoms with Gasteiger partial charge < -0.3 is 4.74 Å². The molecular formula is C13H18N3O3S+. The van der Waals surface area contributed by atoms with Crippen molar-refractivity contribution in [2.45, 2.75) is 32.7 Å². The van der Waals surface area contributed by atoms with Gasteiger partial charge in [-0.05, 0) is 6.42 Å². The Labute approximate surface area is 120 Å². The smallest absolute Gasteiger partial charge is 0.333 e. The van der Waals surface area contributed by atoms with E-state index in [-0.39, 0.29) is 17.5 Å². The molecule has 0 aromatic carbocycles. The van der Waals surface area contributed by atoms with E-state index in [2.05, 4.69) is 0 Å². The number of hydrogen-bond acceptors (Lipinski definition) is 4. The van der Waals surface area contributed by atoms with E-state index in [1.54, 1.807) is 18.4 Å². The van der Waals surface area contributed by atoms with Gasteiger partial charge in [-0.2, -0.15) is 4.57 Å². The van der Waals surface area contributed by atoms with Gasteiger partial charge in [0.05, 0.1) is 11.9 Å². The van der Waals surface area contributed by atoms with Crippen molar-refractivity contribution in [3.05, 3.63) is 50.2 Å². The van der Waals surface area contributed by atoms with Crippen molar-refractivity contribution in [2.24, 2.45) is 0 Å². The van der Waals surface area contributed by atoms with Crippen LogP contribution in [-0.2, 0) is 17.8 Å². The number of thiazole rings is 1. The fraction of sp³-hybridized carbons (Fsp3) is 0.462. The van der Waals surface area contributed by atoms with Crippen molar-refractivity contribution in [1.82, 2.24) is 9.13 Å². The molecule has 0 aliphatic rings. The Bertz CT molecular complexity index is 656. The highest BCUT2D eigenvalue weighted by molar-refractivity contribution is 7.07. The summed E-state index contributed by atoms with van der Waals surface area (Å²) in [4.78, 5) is 24.2. The predicted molar refractivity (Wildman–Crippen MR) is 75.8 cm³/mol. The molecule has 0 aliphatic heterocycles. The Kier molecular flexibility index (Phi) is 4.86. The van der Waals surface area contributed by atoms with Crippen molar-refractivity contribution in [2.75, 3.05) is 7.11 Å². The molecule has 0 N–H and O–H groups in total. The molecule has 0 amide bonds. The second kappa shape index (κ2) is 6.62. The normalized spacial score (nSPS) is 12.5. The Balaban J connectivity index is 2.30. The van der Waals surface area contributed by atoms with Crippen LogP contribution >= 0.6 is 11.3 Å². The first-order valence-corrected chi connectivity index (χ1v) is 7.37. The lowest BCUT2D eigenvalue weighted by molar-refractivity contribution is -0.693. The largest absolute Gasteiger partial charge is 0.361 e. The molecule has 0 saturated carbocycles. The predicted octanol–water partition coefficient (Wildman–Crippen LogP) is 0.614. The van der Waals surface area contributed by atoms with Crippen LogP contribution in [-0.4, -0.2) is 16.2 Å². The molecule has 6 nitrogen and oxygen atoms in total. The average molecular weight is 296 g/mol. The molecular weight excluding hydrogens is 278 g/mol. The minimum Gasteiger partial charge on any atom is -0.361 e. The summed E-state index contributed by atoms with van der Waals surface area (Å²) in [6.45, 7) is 2.86. The van der Waals surface area contributed by atoms with Crippen molar-refractivity contribution in [3.63, 3.8) is 0 Å². The Morgan fingerprint density at radius 3 is 2.85 bits per heavy atom. The molecule has 7 heteroatoms. The van der Waals surface area contributed by atoms with Crippen LogP contribution in [0.1, 0.15) is 19.6 Å². The summed E-state index contributed by atoms with van der Waals surface area (Å²) in [6, 6.07) is 1.40. The molecule has 2 rings (SSSR count). The highest BCUT2D eigenvalue weighted by Crippen LogP contribution is 2.07. The number of methoxy groups -OCH3 is 1. The third-order valence-corrected chi connectivity index (χ3v) is 3.81. The van der Waals surface area contributed by atoms with E-state index in [1.807, 2.05) is 28.6 Å². The van der Waals surface area contributed by atoms with Gasteiger partial charge in [-0.25, -0.2) is 4.79 Å². The standard InChI is InChI=1S/C13H18N3O3S/c1-3-12(19-2)16-5-4-11(17)15(13(16)18)7-6-14-8-9-20-10-14/h4-5,8-10,12H,3,6-7H2,1-2H3/q+1. The van der Waals surface area contributed by atoms with Gasteiger partial charge in [0.15, 0.2) is 12.7 Å². The molecule has 108 valence electrons. The second-order valence-electron chi connectivity index (χ2n) is 4.36. The van der Waals surface area contributed by atoms with Gasteiger partial charge in [0.2, 0.25) is 5.51 Å². The van der Waals surface area contributed by atoms with Crippen molar-refractivity contribution in [1.29, 1.82) is 0 Å². The Hall–Kier alpha value is -1.73. The molecule has 0 spiro atoms. The summed E-state index contributed by atoms with van der Waals surface area (Å²) in [5.41, 5.74) is 1.33. The number of rotatable bonds is 6. The Morgan fingerprint density at radius 1 is 1.45 bits per heavy atom. The third-order valence-electron chi connectivity index (χ3n) is 3.14. The molecule has 0 fully saturated rings. The zero-order chi connectivity index (χ0) is 14.5. The first kappa shape index (κ1) is 14.7. The lowest BCUT2D eigenvalue weighted by atomic mass is 10.4. The van der Waals surface area contributed by atoms with Crippen LogP contribution < -0.4 is 15.8 Å². The highest BCUT2D eigenvalue weighted by Gasteiger charge is 2.13. The zero-order valence-electron chi connectivity index (χ0n) is 11.6. The minimum atomic E-state index is -0.344. The van der Waals surface area contributed by atoms with Gasteiger partial charge in [-0.3, -0.25) is 13.9 Å². The topological polar surface area (TPSA) is 57.1 Å². The van der Waals surface area contributed by atoms with Gasteiger partial charge in [0, 0.05) is 19.4 Å².